The van der Waals surface area contributed by atoms with E-state index >= 15 is 0 Å². The molecule has 20 heavy (non-hydrogen) atoms. The van der Waals surface area contributed by atoms with E-state index in [2.05, 4.69) is 36.4 Å². The first-order chi connectivity index (χ1) is 9.79. The van der Waals surface area contributed by atoms with Gasteiger partial charge in [-0.05, 0) is 51.5 Å². The van der Waals surface area contributed by atoms with Crippen LogP contribution in [0.3, 0.4) is 0 Å². The highest BCUT2D eigenvalue weighted by molar-refractivity contribution is 9.10. The maximum atomic E-state index is 5.53. The molecule has 6 nitrogen and oxygen atoms in total. The van der Waals surface area contributed by atoms with Crippen LogP contribution < -0.4 is 5.73 Å². The lowest BCUT2D eigenvalue weighted by atomic mass is 10.2. The molecule has 0 atom stereocenters. The zero-order valence-corrected chi connectivity index (χ0v) is 12.3. The zero-order valence-electron chi connectivity index (χ0n) is 10.7. The average Bonchev–Trinajstić information content (AvgIpc) is 2.92. The summed E-state index contributed by atoms with van der Waals surface area (Å²) in [5.41, 5.74) is 7.19. The minimum Gasteiger partial charge on any atom is -0.330 e. The van der Waals surface area contributed by atoms with Crippen molar-refractivity contribution >= 4 is 26.8 Å². The molecule has 102 valence electrons. The fourth-order valence-corrected chi connectivity index (χ4v) is 2.53. The summed E-state index contributed by atoms with van der Waals surface area (Å²) in [6, 6.07) is 9.97. The first-order valence-corrected chi connectivity index (χ1v) is 7.11. The summed E-state index contributed by atoms with van der Waals surface area (Å²) in [6.45, 7) is 1.28. The van der Waals surface area contributed by atoms with Crippen molar-refractivity contribution in [1.29, 1.82) is 0 Å². The highest BCUT2D eigenvalue weighted by Gasteiger charge is 2.14. The molecule has 0 saturated carbocycles. The Morgan fingerprint density at radius 1 is 1.25 bits per heavy atom. The van der Waals surface area contributed by atoms with Crippen LogP contribution in [0.5, 0.6) is 0 Å². The van der Waals surface area contributed by atoms with Crippen LogP contribution in [-0.2, 0) is 6.54 Å². The van der Waals surface area contributed by atoms with E-state index in [0.717, 1.165) is 27.5 Å². The van der Waals surface area contributed by atoms with Gasteiger partial charge in [0.25, 0.3) is 0 Å². The van der Waals surface area contributed by atoms with Crippen LogP contribution in [0.15, 0.2) is 34.8 Å². The van der Waals surface area contributed by atoms with E-state index in [1.807, 2.05) is 30.3 Å². The number of aryl methyl sites for hydroxylation is 1. The van der Waals surface area contributed by atoms with Crippen molar-refractivity contribution in [3.8, 4) is 11.5 Å². The van der Waals surface area contributed by atoms with Crippen LogP contribution in [0, 0.1) is 0 Å². The molecule has 2 aromatic heterocycles. The monoisotopic (exact) mass is 332 g/mol. The van der Waals surface area contributed by atoms with Gasteiger partial charge in [0.05, 0.1) is 5.52 Å². The molecule has 2 heterocycles. The summed E-state index contributed by atoms with van der Waals surface area (Å²) in [6.07, 6.45) is 0.823. The molecule has 0 bridgehead atoms. The Kier molecular flexibility index (Phi) is 3.70. The number of fused-ring (bicyclic) bond motifs is 1. The van der Waals surface area contributed by atoms with Gasteiger partial charge in [0.2, 0.25) is 5.82 Å². The molecule has 0 aliphatic carbocycles. The second kappa shape index (κ2) is 5.64. The van der Waals surface area contributed by atoms with Crippen LogP contribution in [0.25, 0.3) is 22.4 Å². The second-order valence-corrected chi connectivity index (χ2v) is 5.23. The third kappa shape index (κ3) is 2.41. The lowest BCUT2D eigenvalue weighted by molar-refractivity contribution is 0.568. The molecule has 0 fully saturated rings. The van der Waals surface area contributed by atoms with Crippen molar-refractivity contribution in [1.82, 2.24) is 25.2 Å². The molecular weight excluding hydrogens is 320 g/mol. The molecule has 1 aromatic carbocycles. The minimum absolute atomic E-state index is 0.603. The molecule has 0 saturated heterocycles. The summed E-state index contributed by atoms with van der Waals surface area (Å²) in [4.78, 5) is 4.64. The van der Waals surface area contributed by atoms with Gasteiger partial charge in [-0.3, -0.25) is 0 Å². The first kappa shape index (κ1) is 13.1. The molecule has 0 radical (unpaired) electrons. The smallest absolute Gasteiger partial charge is 0.201 e. The predicted molar refractivity (Wildman–Crippen MR) is 79.9 cm³/mol. The van der Waals surface area contributed by atoms with Gasteiger partial charge >= 0.3 is 0 Å². The average molecular weight is 333 g/mol. The number of para-hydroxylation sites is 1. The van der Waals surface area contributed by atoms with E-state index < -0.39 is 0 Å². The number of rotatable bonds is 4. The van der Waals surface area contributed by atoms with E-state index in [1.165, 1.54) is 0 Å². The van der Waals surface area contributed by atoms with E-state index in [4.69, 9.17) is 5.73 Å². The Labute approximate surface area is 124 Å². The molecule has 0 amide bonds. The van der Waals surface area contributed by atoms with Gasteiger partial charge < -0.3 is 5.73 Å². The van der Waals surface area contributed by atoms with Crippen molar-refractivity contribution in [2.45, 2.75) is 13.0 Å². The number of halogens is 1. The third-order valence-corrected chi connectivity index (χ3v) is 3.60. The third-order valence-electron chi connectivity index (χ3n) is 3.00. The van der Waals surface area contributed by atoms with Crippen LogP contribution in [0.2, 0.25) is 0 Å². The van der Waals surface area contributed by atoms with Gasteiger partial charge in [0.15, 0.2) is 0 Å². The normalized spacial score (nSPS) is 11.1. The van der Waals surface area contributed by atoms with Crippen molar-refractivity contribution in [2.75, 3.05) is 6.54 Å². The van der Waals surface area contributed by atoms with E-state index in [0.29, 0.717) is 18.9 Å². The summed E-state index contributed by atoms with van der Waals surface area (Å²) < 4.78 is 2.61. The van der Waals surface area contributed by atoms with Crippen LogP contribution in [0.1, 0.15) is 6.42 Å². The number of benzene rings is 1. The molecule has 0 aliphatic heterocycles. The maximum absolute atomic E-state index is 5.53. The van der Waals surface area contributed by atoms with Crippen LogP contribution in [-0.4, -0.2) is 31.7 Å². The van der Waals surface area contributed by atoms with E-state index in [9.17, 15) is 0 Å². The lowest BCUT2D eigenvalue weighted by Crippen LogP contribution is -2.09. The Balaban J connectivity index is 2.09. The number of tetrazole rings is 1. The van der Waals surface area contributed by atoms with E-state index in [1.54, 1.807) is 4.68 Å². The fraction of sp³-hybridized carbons (Fsp3) is 0.231. The van der Waals surface area contributed by atoms with Crippen molar-refractivity contribution in [2.24, 2.45) is 5.73 Å². The highest BCUT2D eigenvalue weighted by atomic mass is 79.9. The summed E-state index contributed by atoms with van der Waals surface area (Å²) in [5, 5.41) is 12.9. The minimum atomic E-state index is 0.603. The number of nitrogens with two attached hydrogens (primary N) is 1. The number of hydrogen-bond donors (Lipinski definition) is 1. The number of nitrogens with zero attached hydrogens (tertiary/aromatic N) is 5. The summed E-state index contributed by atoms with van der Waals surface area (Å²) in [5.74, 6) is 0.649. The Bertz CT molecular complexity index is 739. The van der Waals surface area contributed by atoms with Crippen molar-refractivity contribution < 1.29 is 0 Å². The van der Waals surface area contributed by atoms with Gasteiger partial charge in [0, 0.05) is 16.4 Å². The summed E-state index contributed by atoms with van der Waals surface area (Å²) in [7, 11) is 0. The maximum Gasteiger partial charge on any atom is 0.201 e. The molecular formula is C13H13BrN6. The molecule has 3 rings (SSSR count). The van der Waals surface area contributed by atoms with Crippen LogP contribution >= 0.6 is 15.9 Å². The standard InChI is InChI=1S/C13H13BrN6/c14-10-8-9-4-1-2-5-11(9)16-12(10)13-17-18-19-20(13)7-3-6-15/h1-2,4-5,8H,3,6-7,15H2. The van der Waals surface area contributed by atoms with E-state index in [-0.39, 0.29) is 0 Å². The number of hydrogen-bond acceptors (Lipinski definition) is 5. The fourth-order valence-electron chi connectivity index (χ4n) is 2.01. The Morgan fingerprint density at radius 3 is 2.95 bits per heavy atom. The van der Waals surface area contributed by atoms with Gasteiger partial charge in [0.1, 0.15) is 5.69 Å². The number of aromatic nitrogens is 5. The van der Waals surface area contributed by atoms with Gasteiger partial charge in [-0.15, -0.1) is 5.10 Å². The molecule has 7 heteroatoms. The SMILES string of the molecule is NCCCn1nnnc1-c1nc2ccccc2cc1Br. The highest BCUT2D eigenvalue weighted by Crippen LogP contribution is 2.28. The number of pyridine rings is 1. The Morgan fingerprint density at radius 2 is 2.10 bits per heavy atom. The quantitative estimate of drug-likeness (QED) is 0.790. The topological polar surface area (TPSA) is 82.5 Å². The molecule has 2 N–H and O–H groups in total. The predicted octanol–water partition coefficient (Wildman–Crippen LogP) is 2.00. The molecule has 0 spiro atoms. The zero-order chi connectivity index (χ0) is 13.9. The molecule has 3 aromatic rings. The Hall–Kier alpha value is -1.86. The largest absolute Gasteiger partial charge is 0.330 e. The van der Waals surface area contributed by atoms with Gasteiger partial charge in [-0.25, -0.2) is 9.67 Å². The second-order valence-electron chi connectivity index (χ2n) is 4.38. The molecule has 0 aliphatic rings. The molecule has 0 unspecified atom stereocenters. The van der Waals surface area contributed by atoms with Crippen molar-refractivity contribution in [3.63, 3.8) is 0 Å². The van der Waals surface area contributed by atoms with Crippen LogP contribution in [0.4, 0.5) is 0 Å². The van der Waals surface area contributed by atoms with Gasteiger partial charge in [-0.1, -0.05) is 18.2 Å². The van der Waals surface area contributed by atoms with Crippen molar-refractivity contribution in [3.05, 3.63) is 34.8 Å². The summed E-state index contributed by atoms with van der Waals surface area (Å²) >= 11 is 3.55. The lowest BCUT2D eigenvalue weighted by Gasteiger charge is -2.06. The first-order valence-electron chi connectivity index (χ1n) is 6.31. The van der Waals surface area contributed by atoms with Gasteiger partial charge in [-0.2, -0.15) is 0 Å².